The summed E-state index contributed by atoms with van der Waals surface area (Å²) in [6.07, 6.45) is 0. The van der Waals surface area contributed by atoms with Crippen LogP contribution < -0.4 is 10.1 Å². The number of hydrogen-bond acceptors (Lipinski definition) is 2. The number of rotatable bonds is 6. The Morgan fingerprint density at radius 3 is 2.22 bits per heavy atom. The maximum absolute atomic E-state index is 11.9. The monoisotopic (exact) mass is 245 g/mol. The van der Waals surface area contributed by atoms with Crippen LogP contribution in [-0.2, 0) is 6.54 Å². The van der Waals surface area contributed by atoms with Crippen LogP contribution in [-0.4, -0.2) is 13.2 Å². The highest BCUT2D eigenvalue weighted by molar-refractivity contribution is 5.32. The molecule has 0 unspecified atom stereocenters. The van der Waals surface area contributed by atoms with Gasteiger partial charge in [0.1, 0.15) is 18.2 Å². The lowest BCUT2D eigenvalue weighted by atomic mass is 10.2. The molecule has 94 valence electrons. The lowest BCUT2D eigenvalue weighted by Crippen LogP contribution is -2.15. The largest absolute Gasteiger partial charge is 0.457 e. The number of nitrogens with one attached hydrogen (secondary N) is 1. The number of benzene rings is 2. The fraction of sp³-hybridized carbons (Fsp3) is 0.200. The van der Waals surface area contributed by atoms with Gasteiger partial charge in [-0.15, -0.1) is 0 Å². The first-order valence-corrected chi connectivity index (χ1v) is 5.97. The Morgan fingerprint density at radius 2 is 1.56 bits per heavy atom. The summed E-state index contributed by atoms with van der Waals surface area (Å²) >= 11 is 0. The molecule has 0 saturated carbocycles. The van der Waals surface area contributed by atoms with E-state index in [2.05, 4.69) is 5.32 Å². The zero-order chi connectivity index (χ0) is 12.6. The molecule has 0 aliphatic rings. The van der Waals surface area contributed by atoms with Crippen LogP contribution in [0.15, 0.2) is 54.6 Å². The molecule has 0 radical (unpaired) electrons. The fourth-order valence-electron chi connectivity index (χ4n) is 1.60. The number of halogens is 1. The molecule has 18 heavy (non-hydrogen) atoms. The molecule has 2 rings (SSSR count). The molecule has 0 amide bonds. The second kappa shape index (κ2) is 6.77. The van der Waals surface area contributed by atoms with Gasteiger partial charge in [0.25, 0.3) is 0 Å². The lowest BCUT2D eigenvalue weighted by molar-refractivity contribution is 0.466. The predicted octanol–water partition coefficient (Wildman–Crippen LogP) is 3.54. The molecule has 0 aliphatic heterocycles. The van der Waals surface area contributed by atoms with Crippen molar-refractivity contribution in [2.45, 2.75) is 6.54 Å². The SMILES string of the molecule is FCCNCc1ccc(Oc2ccccc2)cc1. The van der Waals surface area contributed by atoms with Gasteiger partial charge in [-0.2, -0.15) is 0 Å². The molecule has 0 saturated heterocycles. The van der Waals surface area contributed by atoms with E-state index < -0.39 is 0 Å². The molecule has 0 heterocycles. The minimum absolute atomic E-state index is 0.338. The zero-order valence-corrected chi connectivity index (χ0v) is 10.1. The van der Waals surface area contributed by atoms with Gasteiger partial charge in [0.15, 0.2) is 0 Å². The van der Waals surface area contributed by atoms with Gasteiger partial charge in [0.05, 0.1) is 0 Å². The summed E-state index contributed by atoms with van der Waals surface area (Å²) < 4.78 is 17.6. The van der Waals surface area contributed by atoms with E-state index in [1.54, 1.807) is 0 Å². The highest BCUT2D eigenvalue weighted by Crippen LogP contribution is 2.20. The maximum Gasteiger partial charge on any atom is 0.127 e. The van der Waals surface area contributed by atoms with Crippen molar-refractivity contribution in [3.05, 3.63) is 60.2 Å². The van der Waals surface area contributed by atoms with Crippen LogP contribution in [0.2, 0.25) is 0 Å². The quantitative estimate of drug-likeness (QED) is 0.786. The first-order valence-electron chi connectivity index (χ1n) is 5.97. The van der Waals surface area contributed by atoms with Gasteiger partial charge in [0, 0.05) is 13.1 Å². The topological polar surface area (TPSA) is 21.3 Å². The van der Waals surface area contributed by atoms with Crippen LogP contribution in [0.4, 0.5) is 4.39 Å². The summed E-state index contributed by atoms with van der Waals surface area (Å²) in [6.45, 7) is 0.729. The first kappa shape index (κ1) is 12.6. The van der Waals surface area contributed by atoms with Crippen molar-refractivity contribution in [1.82, 2.24) is 5.32 Å². The van der Waals surface area contributed by atoms with Crippen molar-refractivity contribution in [3.63, 3.8) is 0 Å². The lowest BCUT2D eigenvalue weighted by Gasteiger charge is -2.07. The van der Waals surface area contributed by atoms with Crippen molar-refractivity contribution in [2.75, 3.05) is 13.2 Å². The maximum atomic E-state index is 11.9. The fourth-order valence-corrected chi connectivity index (χ4v) is 1.60. The van der Waals surface area contributed by atoms with E-state index in [0.29, 0.717) is 13.1 Å². The summed E-state index contributed by atoms with van der Waals surface area (Å²) in [6, 6.07) is 17.4. The van der Waals surface area contributed by atoms with Crippen LogP contribution >= 0.6 is 0 Å². The molecule has 2 aromatic rings. The van der Waals surface area contributed by atoms with E-state index in [9.17, 15) is 4.39 Å². The molecule has 2 nitrogen and oxygen atoms in total. The van der Waals surface area contributed by atoms with Gasteiger partial charge in [0.2, 0.25) is 0 Å². The highest BCUT2D eigenvalue weighted by Gasteiger charge is 1.97. The molecule has 1 N–H and O–H groups in total. The van der Waals surface area contributed by atoms with Crippen molar-refractivity contribution >= 4 is 0 Å². The van der Waals surface area contributed by atoms with E-state index in [4.69, 9.17) is 4.74 Å². The number of hydrogen-bond donors (Lipinski definition) is 1. The summed E-state index contributed by atoms with van der Waals surface area (Å²) in [5, 5.41) is 3.00. The first-order chi connectivity index (χ1) is 8.88. The molecular formula is C15H16FNO. The van der Waals surface area contributed by atoms with Crippen molar-refractivity contribution < 1.29 is 9.13 Å². The second-order valence-corrected chi connectivity index (χ2v) is 3.92. The standard InChI is InChI=1S/C15H16FNO/c16-10-11-17-12-13-6-8-15(9-7-13)18-14-4-2-1-3-5-14/h1-9,17H,10-12H2. The summed E-state index contributed by atoms with van der Waals surface area (Å²) in [4.78, 5) is 0. The van der Waals surface area contributed by atoms with E-state index >= 15 is 0 Å². The van der Waals surface area contributed by atoms with E-state index in [0.717, 1.165) is 17.1 Å². The average Bonchev–Trinajstić information content (AvgIpc) is 2.42. The zero-order valence-electron chi connectivity index (χ0n) is 10.1. The van der Waals surface area contributed by atoms with Crippen LogP contribution in [0, 0.1) is 0 Å². The Kier molecular flexibility index (Phi) is 4.73. The van der Waals surface area contributed by atoms with E-state index in [-0.39, 0.29) is 6.67 Å². The third kappa shape index (κ3) is 3.86. The summed E-state index contributed by atoms with van der Waals surface area (Å²) in [5.41, 5.74) is 1.11. The van der Waals surface area contributed by atoms with Crippen molar-refractivity contribution in [2.24, 2.45) is 0 Å². The normalized spacial score (nSPS) is 10.3. The van der Waals surface area contributed by atoms with Gasteiger partial charge in [-0.25, -0.2) is 4.39 Å². The van der Waals surface area contributed by atoms with Crippen LogP contribution in [0.5, 0.6) is 11.5 Å². The molecule has 0 aliphatic carbocycles. The van der Waals surface area contributed by atoms with Gasteiger partial charge in [-0.1, -0.05) is 30.3 Å². The number of para-hydroxylation sites is 1. The average molecular weight is 245 g/mol. The molecule has 2 aromatic carbocycles. The van der Waals surface area contributed by atoms with E-state index in [1.807, 2.05) is 54.6 Å². The minimum Gasteiger partial charge on any atom is -0.457 e. The Hall–Kier alpha value is -1.87. The predicted molar refractivity (Wildman–Crippen MR) is 70.6 cm³/mol. The number of alkyl halides is 1. The van der Waals surface area contributed by atoms with E-state index in [1.165, 1.54) is 0 Å². The second-order valence-electron chi connectivity index (χ2n) is 3.92. The third-order valence-electron chi connectivity index (χ3n) is 2.50. The Morgan fingerprint density at radius 1 is 0.889 bits per heavy atom. The van der Waals surface area contributed by atoms with Gasteiger partial charge < -0.3 is 10.1 Å². The summed E-state index contributed by atoms with van der Waals surface area (Å²) in [7, 11) is 0. The van der Waals surface area contributed by atoms with Crippen molar-refractivity contribution in [1.29, 1.82) is 0 Å². The molecule has 0 spiro atoms. The number of ether oxygens (including phenoxy) is 1. The molecule has 0 bridgehead atoms. The molecule has 0 fully saturated rings. The summed E-state index contributed by atoms with van der Waals surface area (Å²) in [5.74, 6) is 1.62. The van der Waals surface area contributed by atoms with Crippen LogP contribution in [0.25, 0.3) is 0 Å². The Bertz CT molecular complexity index is 456. The third-order valence-corrected chi connectivity index (χ3v) is 2.50. The molecule has 3 heteroatoms. The highest BCUT2D eigenvalue weighted by atomic mass is 19.1. The van der Waals surface area contributed by atoms with Gasteiger partial charge in [-0.05, 0) is 29.8 Å². The smallest absolute Gasteiger partial charge is 0.127 e. The molecule has 0 atom stereocenters. The van der Waals surface area contributed by atoms with Crippen molar-refractivity contribution in [3.8, 4) is 11.5 Å². The van der Waals surface area contributed by atoms with Gasteiger partial charge in [-0.3, -0.25) is 0 Å². The minimum atomic E-state index is -0.338. The van der Waals surface area contributed by atoms with Gasteiger partial charge >= 0.3 is 0 Å². The molecular weight excluding hydrogens is 229 g/mol. The van der Waals surface area contributed by atoms with Crippen LogP contribution in [0.1, 0.15) is 5.56 Å². The Balaban J connectivity index is 1.91. The molecule has 0 aromatic heterocycles. The Labute approximate surface area is 106 Å². The van der Waals surface area contributed by atoms with Crippen LogP contribution in [0.3, 0.4) is 0 Å².